The summed E-state index contributed by atoms with van der Waals surface area (Å²) in [6.07, 6.45) is 5.98. The van der Waals surface area contributed by atoms with Gasteiger partial charge in [0, 0.05) is 12.7 Å². The molecule has 0 fully saturated rings. The number of nitrogens with two attached hydrogens (primary N) is 1. The number of rotatable bonds is 5. The van der Waals surface area contributed by atoms with Gasteiger partial charge in [0.15, 0.2) is 11.6 Å². The lowest BCUT2D eigenvalue weighted by molar-refractivity contribution is 0.318. The number of amidine groups is 1. The molecule has 106 valence electrons. The van der Waals surface area contributed by atoms with Gasteiger partial charge in [-0.25, -0.2) is 4.98 Å². The first-order valence-corrected chi connectivity index (χ1v) is 6.29. The van der Waals surface area contributed by atoms with Gasteiger partial charge >= 0.3 is 0 Å². The Hall–Kier alpha value is -2.57. The molecule has 0 aliphatic carbocycles. The molecule has 0 aromatic carbocycles. The van der Waals surface area contributed by atoms with Crippen LogP contribution in [0.4, 0.5) is 0 Å². The zero-order chi connectivity index (χ0) is 14.5. The molecule has 2 rings (SSSR count). The van der Waals surface area contributed by atoms with Crippen LogP contribution < -0.4 is 10.5 Å². The van der Waals surface area contributed by atoms with Crippen LogP contribution in [0.5, 0.6) is 11.6 Å². The molecule has 2 aromatic heterocycles. The first-order valence-electron chi connectivity index (χ1n) is 6.29. The van der Waals surface area contributed by atoms with Gasteiger partial charge in [-0.05, 0) is 25.0 Å². The Kier molecular flexibility index (Phi) is 4.19. The Morgan fingerprint density at radius 3 is 3.05 bits per heavy atom. The maximum absolute atomic E-state index is 8.84. The van der Waals surface area contributed by atoms with Crippen LogP contribution in [0.1, 0.15) is 24.5 Å². The number of pyridine rings is 1. The van der Waals surface area contributed by atoms with Crippen LogP contribution in [-0.4, -0.2) is 25.8 Å². The van der Waals surface area contributed by atoms with E-state index in [9.17, 15) is 0 Å². The van der Waals surface area contributed by atoms with Crippen molar-refractivity contribution in [2.45, 2.75) is 26.8 Å². The number of ether oxygens (including phenoxy) is 1. The molecule has 0 amide bonds. The van der Waals surface area contributed by atoms with Crippen LogP contribution in [0.3, 0.4) is 0 Å². The number of nitrogens with zero attached hydrogens (tertiary/aromatic N) is 4. The molecule has 2 heterocycles. The number of aromatic nitrogens is 3. The average molecular weight is 275 g/mol. The Bertz CT molecular complexity index is 621. The maximum atomic E-state index is 8.84. The smallest absolute Gasteiger partial charge is 0.230 e. The van der Waals surface area contributed by atoms with Gasteiger partial charge in [-0.2, -0.15) is 5.10 Å². The van der Waals surface area contributed by atoms with Crippen LogP contribution >= 0.6 is 0 Å². The summed E-state index contributed by atoms with van der Waals surface area (Å²) >= 11 is 0. The van der Waals surface area contributed by atoms with E-state index < -0.39 is 0 Å². The summed E-state index contributed by atoms with van der Waals surface area (Å²) in [6, 6.07) is 1.76. The van der Waals surface area contributed by atoms with E-state index in [1.807, 2.05) is 6.92 Å². The third-order valence-corrected chi connectivity index (χ3v) is 2.77. The lowest BCUT2D eigenvalue weighted by atomic mass is 10.1. The van der Waals surface area contributed by atoms with Crippen molar-refractivity contribution in [1.29, 1.82) is 0 Å². The first-order chi connectivity index (χ1) is 9.65. The second-order valence-corrected chi connectivity index (χ2v) is 4.33. The van der Waals surface area contributed by atoms with E-state index in [4.69, 9.17) is 15.7 Å². The Labute approximate surface area is 116 Å². The van der Waals surface area contributed by atoms with Gasteiger partial charge in [0.2, 0.25) is 5.88 Å². The summed E-state index contributed by atoms with van der Waals surface area (Å²) in [4.78, 5) is 4.13. The predicted octanol–water partition coefficient (Wildman–Crippen LogP) is 1.88. The van der Waals surface area contributed by atoms with Crippen LogP contribution in [0, 0.1) is 6.92 Å². The fourth-order valence-electron chi connectivity index (χ4n) is 1.83. The molecule has 7 heteroatoms. The van der Waals surface area contributed by atoms with Crippen molar-refractivity contribution in [3.63, 3.8) is 0 Å². The van der Waals surface area contributed by atoms with E-state index >= 15 is 0 Å². The predicted molar refractivity (Wildman–Crippen MR) is 74.1 cm³/mol. The highest BCUT2D eigenvalue weighted by molar-refractivity contribution is 6.00. The van der Waals surface area contributed by atoms with E-state index in [0.29, 0.717) is 11.3 Å². The molecule has 7 nitrogen and oxygen atoms in total. The van der Waals surface area contributed by atoms with E-state index in [2.05, 4.69) is 22.2 Å². The topological polar surface area (TPSA) is 98.6 Å². The first kappa shape index (κ1) is 13.9. The van der Waals surface area contributed by atoms with Crippen LogP contribution in [-0.2, 0) is 6.54 Å². The van der Waals surface area contributed by atoms with Gasteiger partial charge in [-0.15, -0.1) is 0 Å². The van der Waals surface area contributed by atoms with Crippen molar-refractivity contribution >= 4 is 5.84 Å². The summed E-state index contributed by atoms with van der Waals surface area (Å²) < 4.78 is 7.46. The summed E-state index contributed by atoms with van der Waals surface area (Å²) in [5.74, 6) is 0.812. The molecule has 0 saturated carbocycles. The molecule has 0 radical (unpaired) electrons. The highest BCUT2D eigenvalue weighted by Crippen LogP contribution is 2.24. The largest absolute Gasteiger partial charge is 0.435 e. The van der Waals surface area contributed by atoms with Crippen molar-refractivity contribution in [2.75, 3.05) is 0 Å². The molecule has 0 spiro atoms. The molecule has 2 aromatic rings. The number of oxime groups is 1. The van der Waals surface area contributed by atoms with Gasteiger partial charge < -0.3 is 15.7 Å². The molecular formula is C13H17N5O2. The van der Waals surface area contributed by atoms with Gasteiger partial charge in [0.25, 0.3) is 0 Å². The van der Waals surface area contributed by atoms with E-state index in [1.165, 1.54) is 0 Å². The lowest BCUT2D eigenvalue weighted by Gasteiger charge is -2.09. The Morgan fingerprint density at radius 1 is 1.55 bits per heavy atom. The summed E-state index contributed by atoms with van der Waals surface area (Å²) in [5.41, 5.74) is 6.94. The van der Waals surface area contributed by atoms with E-state index in [1.54, 1.807) is 29.3 Å². The molecule has 0 unspecified atom stereocenters. The molecule has 0 saturated heterocycles. The summed E-state index contributed by atoms with van der Waals surface area (Å²) in [5, 5.41) is 16.0. The fraction of sp³-hybridized carbons (Fsp3) is 0.308. The van der Waals surface area contributed by atoms with Gasteiger partial charge in [0.1, 0.15) is 0 Å². The minimum atomic E-state index is -0.0356. The highest BCUT2D eigenvalue weighted by atomic mass is 16.5. The van der Waals surface area contributed by atoms with Crippen LogP contribution in [0.25, 0.3) is 0 Å². The number of hydrogen-bond acceptors (Lipinski definition) is 5. The average Bonchev–Trinajstić information content (AvgIpc) is 2.86. The quantitative estimate of drug-likeness (QED) is 0.376. The molecule has 0 bridgehead atoms. The van der Waals surface area contributed by atoms with Gasteiger partial charge in [-0.3, -0.25) is 4.68 Å². The normalized spacial score (nSPS) is 11.6. The third-order valence-electron chi connectivity index (χ3n) is 2.77. The van der Waals surface area contributed by atoms with E-state index in [0.717, 1.165) is 18.5 Å². The molecule has 0 aliphatic rings. The number of aryl methyl sites for hydroxylation is 2. The lowest BCUT2D eigenvalue weighted by Crippen LogP contribution is -2.16. The molecule has 20 heavy (non-hydrogen) atoms. The minimum absolute atomic E-state index is 0.0356. The molecule has 0 atom stereocenters. The number of hydrogen-bond donors (Lipinski definition) is 2. The van der Waals surface area contributed by atoms with Crippen LogP contribution in [0.15, 0.2) is 29.8 Å². The Balaban J connectivity index is 2.30. The highest BCUT2D eigenvalue weighted by Gasteiger charge is 2.14. The SMILES string of the molecule is CCCn1cc(Oc2nccc(C)c2/C(N)=N/O)cn1. The second kappa shape index (κ2) is 6.05. The molecule has 3 N–H and O–H groups in total. The summed E-state index contributed by atoms with van der Waals surface area (Å²) in [7, 11) is 0. The monoisotopic (exact) mass is 275 g/mol. The molecular weight excluding hydrogens is 258 g/mol. The zero-order valence-corrected chi connectivity index (χ0v) is 11.4. The van der Waals surface area contributed by atoms with Crippen molar-refractivity contribution in [3.05, 3.63) is 35.8 Å². The van der Waals surface area contributed by atoms with Crippen molar-refractivity contribution < 1.29 is 9.94 Å². The summed E-state index contributed by atoms with van der Waals surface area (Å²) in [6.45, 7) is 4.72. The Morgan fingerprint density at radius 2 is 2.35 bits per heavy atom. The van der Waals surface area contributed by atoms with Crippen LogP contribution in [0.2, 0.25) is 0 Å². The van der Waals surface area contributed by atoms with Crippen molar-refractivity contribution in [3.8, 4) is 11.6 Å². The minimum Gasteiger partial charge on any atom is -0.435 e. The standard InChI is InChI=1S/C13H17N5O2/c1-3-6-18-8-10(7-16-18)20-13-11(12(14)17-19)9(2)4-5-15-13/h4-5,7-8,19H,3,6H2,1-2H3,(H2,14,17). The van der Waals surface area contributed by atoms with E-state index in [-0.39, 0.29) is 11.7 Å². The van der Waals surface area contributed by atoms with Gasteiger partial charge in [-0.1, -0.05) is 12.1 Å². The second-order valence-electron chi connectivity index (χ2n) is 4.33. The third kappa shape index (κ3) is 2.87. The van der Waals surface area contributed by atoms with Gasteiger partial charge in [0.05, 0.1) is 18.0 Å². The zero-order valence-electron chi connectivity index (χ0n) is 11.4. The molecule has 0 aliphatic heterocycles. The van der Waals surface area contributed by atoms with Crippen molar-refractivity contribution in [1.82, 2.24) is 14.8 Å². The van der Waals surface area contributed by atoms with Crippen molar-refractivity contribution in [2.24, 2.45) is 10.9 Å². The fourth-order valence-corrected chi connectivity index (χ4v) is 1.83. The maximum Gasteiger partial charge on any atom is 0.230 e.